The van der Waals surface area contributed by atoms with Crippen LogP contribution in [0, 0.1) is 0 Å². The van der Waals surface area contributed by atoms with E-state index in [9.17, 15) is 14.7 Å². The lowest BCUT2D eigenvalue weighted by Crippen LogP contribution is -3.06. The maximum Gasteiger partial charge on any atom is 0.295 e. The van der Waals surface area contributed by atoms with Gasteiger partial charge in [-0.05, 0) is 54.3 Å². The highest BCUT2D eigenvalue weighted by Gasteiger charge is 2.44. The van der Waals surface area contributed by atoms with Gasteiger partial charge < -0.3 is 24.4 Å². The van der Waals surface area contributed by atoms with E-state index in [0.29, 0.717) is 43.0 Å². The standard InChI is InChI=1S/C27H32N2O5/c1-5-13-33-21-8-6-7-18(16-21)24-23(26(31)27(32)29(24)12-11-28(3)4)25(30)19-9-10-22-20(15-19)14-17(2)34-22/h6-10,15-17,24,30H,5,11-14H2,1-4H3. The van der Waals surface area contributed by atoms with Crippen molar-refractivity contribution in [2.45, 2.75) is 38.8 Å². The van der Waals surface area contributed by atoms with E-state index in [1.54, 1.807) is 18.2 Å². The third kappa shape index (κ3) is 4.66. The number of benzene rings is 2. The Morgan fingerprint density at radius 1 is 1.21 bits per heavy atom. The zero-order valence-corrected chi connectivity index (χ0v) is 20.2. The molecule has 0 bridgehead atoms. The minimum Gasteiger partial charge on any atom is -0.872 e. The van der Waals surface area contributed by atoms with Crippen LogP contribution in [0.2, 0.25) is 0 Å². The van der Waals surface area contributed by atoms with Crippen molar-refractivity contribution in [3.63, 3.8) is 0 Å². The molecule has 7 heteroatoms. The molecule has 0 saturated carbocycles. The predicted molar refractivity (Wildman–Crippen MR) is 127 cm³/mol. The maximum atomic E-state index is 13.7. The number of fused-ring (bicyclic) bond motifs is 1. The average Bonchev–Trinajstić information content (AvgIpc) is 3.31. The summed E-state index contributed by atoms with van der Waals surface area (Å²) in [6.07, 6.45) is 1.61. The molecule has 0 aromatic heterocycles. The van der Waals surface area contributed by atoms with Gasteiger partial charge in [0.1, 0.15) is 17.6 Å². The molecular formula is C27H32N2O5. The number of ether oxygens (including phenoxy) is 2. The summed E-state index contributed by atoms with van der Waals surface area (Å²) in [6.45, 7) is 5.58. The smallest absolute Gasteiger partial charge is 0.295 e. The van der Waals surface area contributed by atoms with E-state index in [0.717, 1.165) is 22.6 Å². The minimum absolute atomic E-state index is 0.00156. The maximum absolute atomic E-state index is 13.7. The number of hydrogen-bond donors (Lipinski definition) is 1. The Kier molecular flexibility index (Phi) is 6.93. The van der Waals surface area contributed by atoms with E-state index in [2.05, 4.69) is 0 Å². The molecule has 2 atom stereocenters. The van der Waals surface area contributed by atoms with E-state index >= 15 is 0 Å². The van der Waals surface area contributed by atoms with Crippen LogP contribution in [-0.2, 0) is 16.0 Å². The van der Waals surface area contributed by atoms with Crippen molar-refractivity contribution in [2.75, 3.05) is 33.8 Å². The Morgan fingerprint density at radius 2 is 2.00 bits per heavy atom. The number of rotatable bonds is 8. The van der Waals surface area contributed by atoms with Crippen LogP contribution >= 0.6 is 0 Å². The Hall–Kier alpha value is -3.32. The number of nitrogens with one attached hydrogen (secondary N) is 1. The van der Waals surface area contributed by atoms with E-state index in [-0.39, 0.29) is 11.7 Å². The van der Waals surface area contributed by atoms with Crippen LogP contribution in [0.25, 0.3) is 5.76 Å². The van der Waals surface area contributed by atoms with Crippen molar-refractivity contribution in [3.8, 4) is 11.5 Å². The largest absolute Gasteiger partial charge is 0.872 e. The number of nitrogens with zero attached hydrogens (tertiary/aromatic N) is 1. The first-order valence-corrected chi connectivity index (χ1v) is 11.9. The number of Topliss-reactive ketones (excluding diaryl/α,β-unsaturated/α-hetero) is 1. The first-order chi connectivity index (χ1) is 16.3. The Labute approximate surface area is 200 Å². The minimum atomic E-state index is -0.750. The molecule has 2 aromatic rings. The molecule has 2 aliphatic heterocycles. The van der Waals surface area contributed by atoms with Gasteiger partial charge in [-0.2, -0.15) is 0 Å². The monoisotopic (exact) mass is 464 g/mol. The first-order valence-electron chi connectivity index (χ1n) is 11.9. The van der Waals surface area contributed by atoms with Crippen molar-refractivity contribution in [2.24, 2.45) is 0 Å². The number of likely N-dealkylation sites (tertiary alicyclic amines) is 1. The molecule has 34 heavy (non-hydrogen) atoms. The highest BCUT2D eigenvalue weighted by Crippen LogP contribution is 2.40. The average molecular weight is 465 g/mol. The molecule has 0 radical (unpaired) electrons. The number of amides is 1. The van der Waals surface area contributed by atoms with E-state index in [1.165, 1.54) is 4.90 Å². The van der Waals surface area contributed by atoms with Crippen molar-refractivity contribution in [3.05, 3.63) is 64.7 Å². The second-order valence-electron chi connectivity index (χ2n) is 9.31. The normalized spacial score (nSPS) is 21.1. The van der Waals surface area contributed by atoms with E-state index in [4.69, 9.17) is 9.47 Å². The molecule has 1 fully saturated rings. The van der Waals surface area contributed by atoms with E-state index in [1.807, 2.05) is 52.2 Å². The van der Waals surface area contributed by atoms with E-state index < -0.39 is 23.5 Å². The summed E-state index contributed by atoms with van der Waals surface area (Å²) in [5.74, 6) is -0.359. The van der Waals surface area contributed by atoms with Crippen molar-refractivity contribution < 1.29 is 29.1 Å². The molecule has 4 rings (SSSR count). The molecule has 7 nitrogen and oxygen atoms in total. The van der Waals surface area contributed by atoms with Gasteiger partial charge in [-0.15, -0.1) is 0 Å². The van der Waals surface area contributed by atoms with Gasteiger partial charge in [0, 0.05) is 12.0 Å². The summed E-state index contributed by atoms with van der Waals surface area (Å²) < 4.78 is 11.5. The van der Waals surface area contributed by atoms with Gasteiger partial charge in [0.05, 0.1) is 39.8 Å². The molecule has 180 valence electrons. The second kappa shape index (κ2) is 9.89. The molecule has 0 spiro atoms. The first kappa shape index (κ1) is 23.8. The molecule has 2 aliphatic rings. The van der Waals surface area contributed by atoms with Crippen LogP contribution in [0.4, 0.5) is 0 Å². The summed E-state index contributed by atoms with van der Waals surface area (Å²) in [4.78, 5) is 28.9. The topological polar surface area (TPSA) is 83.3 Å². The molecule has 2 unspecified atom stereocenters. The van der Waals surface area contributed by atoms with Crippen LogP contribution in [0.15, 0.2) is 48.0 Å². The molecule has 2 heterocycles. The molecule has 1 amide bonds. The number of quaternary nitrogens is 1. The number of likely N-dealkylation sites (N-methyl/N-ethyl adjacent to an activating group) is 1. The van der Waals surface area contributed by atoms with Gasteiger partial charge in [0.25, 0.3) is 5.91 Å². The lowest BCUT2D eigenvalue weighted by atomic mass is 9.94. The molecular weight excluding hydrogens is 432 g/mol. The summed E-state index contributed by atoms with van der Waals surface area (Å²) in [5.41, 5.74) is 2.03. The second-order valence-corrected chi connectivity index (χ2v) is 9.31. The van der Waals surface area contributed by atoms with Crippen LogP contribution < -0.4 is 19.5 Å². The molecule has 2 aromatic carbocycles. The van der Waals surface area contributed by atoms with Crippen LogP contribution in [-0.4, -0.2) is 56.5 Å². The van der Waals surface area contributed by atoms with Crippen molar-refractivity contribution >= 4 is 17.4 Å². The fourth-order valence-corrected chi connectivity index (χ4v) is 4.50. The summed E-state index contributed by atoms with van der Waals surface area (Å²) >= 11 is 0. The molecule has 1 saturated heterocycles. The zero-order chi connectivity index (χ0) is 24.4. The lowest BCUT2D eigenvalue weighted by molar-refractivity contribution is -0.857. The van der Waals surface area contributed by atoms with Gasteiger partial charge in [-0.3, -0.25) is 9.59 Å². The Balaban J connectivity index is 1.80. The van der Waals surface area contributed by atoms with Crippen LogP contribution in [0.1, 0.15) is 43.0 Å². The molecule has 0 aliphatic carbocycles. The Morgan fingerprint density at radius 3 is 2.74 bits per heavy atom. The van der Waals surface area contributed by atoms with Gasteiger partial charge in [-0.1, -0.05) is 30.9 Å². The number of carbonyl (C=O) groups is 2. The zero-order valence-electron chi connectivity index (χ0n) is 20.2. The fraction of sp³-hybridized carbons (Fsp3) is 0.407. The summed E-state index contributed by atoms with van der Waals surface area (Å²) in [6, 6.07) is 11.8. The van der Waals surface area contributed by atoms with Gasteiger partial charge in [0.2, 0.25) is 5.78 Å². The summed E-state index contributed by atoms with van der Waals surface area (Å²) in [5, 5.41) is 13.7. The quantitative estimate of drug-likeness (QED) is 0.360. The summed E-state index contributed by atoms with van der Waals surface area (Å²) in [7, 11) is 3.97. The lowest BCUT2D eigenvalue weighted by Gasteiger charge is -2.28. The van der Waals surface area contributed by atoms with Gasteiger partial charge in [-0.25, -0.2) is 0 Å². The van der Waals surface area contributed by atoms with Gasteiger partial charge in [0.15, 0.2) is 0 Å². The number of ketones is 1. The van der Waals surface area contributed by atoms with Crippen molar-refractivity contribution in [1.82, 2.24) is 4.90 Å². The number of hydrogen-bond acceptors (Lipinski definition) is 5. The van der Waals surface area contributed by atoms with Crippen molar-refractivity contribution in [1.29, 1.82) is 0 Å². The highest BCUT2D eigenvalue weighted by atomic mass is 16.5. The third-order valence-electron chi connectivity index (χ3n) is 6.19. The van der Waals surface area contributed by atoms with Crippen LogP contribution in [0.5, 0.6) is 11.5 Å². The SMILES string of the molecule is CCCOc1cccc(C2C(=C([O-])c3ccc4c(c3)CC(C)O4)C(=O)C(=O)N2CC[NH+](C)C)c1. The third-order valence-corrected chi connectivity index (χ3v) is 6.19. The highest BCUT2D eigenvalue weighted by molar-refractivity contribution is 6.46. The fourth-order valence-electron chi connectivity index (χ4n) is 4.50. The Bertz CT molecular complexity index is 1120. The number of carbonyl (C=O) groups excluding carboxylic acids is 2. The predicted octanol–water partition coefficient (Wildman–Crippen LogP) is 1.17. The van der Waals surface area contributed by atoms with Gasteiger partial charge >= 0.3 is 0 Å². The van der Waals surface area contributed by atoms with Crippen LogP contribution in [0.3, 0.4) is 0 Å². The molecule has 1 N–H and O–H groups in total.